The monoisotopic (exact) mass is 452 g/mol. The van der Waals surface area contributed by atoms with Gasteiger partial charge in [-0.05, 0) is 41.8 Å². The normalized spacial score (nSPS) is 15.2. The quantitative estimate of drug-likeness (QED) is 0.694. The second-order valence-corrected chi connectivity index (χ2v) is 9.56. The van der Waals surface area contributed by atoms with E-state index in [4.69, 9.17) is 21.1 Å². The Bertz CT molecular complexity index is 987. The van der Waals surface area contributed by atoms with Gasteiger partial charge in [-0.15, -0.1) is 0 Å². The zero-order valence-electron chi connectivity index (χ0n) is 16.9. The molecule has 2 aromatic rings. The SMILES string of the molecule is CC(C)c1ccc(OCC(=O)Nc2cc(S(=O)(=O)N3CCOCC3)ccc2Cl)cc1. The molecule has 9 heteroatoms. The number of nitrogens with zero attached hydrogens (tertiary/aromatic N) is 1. The minimum atomic E-state index is -3.69. The summed E-state index contributed by atoms with van der Waals surface area (Å²) in [5.41, 5.74) is 1.40. The van der Waals surface area contributed by atoms with Gasteiger partial charge in [0, 0.05) is 13.1 Å². The summed E-state index contributed by atoms with van der Waals surface area (Å²) in [5.74, 6) is 0.542. The predicted molar refractivity (Wildman–Crippen MR) is 116 cm³/mol. The van der Waals surface area contributed by atoms with Gasteiger partial charge in [0.2, 0.25) is 10.0 Å². The zero-order chi connectivity index (χ0) is 21.7. The van der Waals surface area contributed by atoms with E-state index in [-0.39, 0.29) is 35.3 Å². The topological polar surface area (TPSA) is 84.9 Å². The van der Waals surface area contributed by atoms with Gasteiger partial charge in [0.05, 0.1) is 28.8 Å². The summed E-state index contributed by atoms with van der Waals surface area (Å²) in [7, 11) is -3.69. The summed E-state index contributed by atoms with van der Waals surface area (Å²) in [6.07, 6.45) is 0. The van der Waals surface area contributed by atoms with Crippen molar-refractivity contribution in [3.8, 4) is 5.75 Å². The van der Waals surface area contributed by atoms with E-state index in [0.717, 1.165) is 0 Å². The molecule has 0 spiro atoms. The molecule has 1 amide bonds. The Morgan fingerprint density at radius 2 is 1.83 bits per heavy atom. The standard InChI is InChI=1S/C21H25ClN2O5S/c1-15(2)16-3-5-17(6-4-16)29-14-21(25)23-20-13-18(7-8-19(20)22)30(26,27)24-9-11-28-12-10-24/h3-8,13,15H,9-12,14H2,1-2H3,(H,23,25). The molecule has 1 aliphatic rings. The highest BCUT2D eigenvalue weighted by atomic mass is 35.5. The molecule has 1 aliphatic heterocycles. The maximum absolute atomic E-state index is 12.8. The molecule has 0 radical (unpaired) electrons. The fraction of sp³-hybridized carbons (Fsp3) is 0.381. The number of morpholine rings is 1. The van der Waals surface area contributed by atoms with E-state index in [2.05, 4.69) is 19.2 Å². The molecule has 3 rings (SSSR count). The number of rotatable bonds is 7. The Kier molecular flexibility index (Phi) is 7.36. The van der Waals surface area contributed by atoms with Crippen LogP contribution in [0.4, 0.5) is 5.69 Å². The van der Waals surface area contributed by atoms with Crippen molar-refractivity contribution in [3.05, 3.63) is 53.1 Å². The first kappa shape index (κ1) is 22.6. The third-order valence-corrected chi connectivity index (χ3v) is 6.96. The molecule has 0 unspecified atom stereocenters. The first-order valence-electron chi connectivity index (χ1n) is 9.67. The highest BCUT2D eigenvalue weighted by molar-refractivity contribution is 7.89. The number of halogens is 1. The van der Waals surface area contributed by atoms with Crippen LogP contribution in [0.2, 0.25) is 5.02 Å². The van der Waals surface area contributed by atoms with Gasteiger partial charge in [-0.1, -0.05) is 37.6 Å². The number of amides is 1. The van der Waals surface area contributed by atoms with Crippen LogP contribution in [0.3, 0.4) is 0 Å². The van der Waals surface area contributed by atoms with Gasteiger partial charge >= 0.3 is 0 Å². The molecule has 1 fully saturated rings. The molecule has 2 aromatic carbocycles. The molecule has 0 atom stereocenters. The maximum atomic E-state index is 12.8. The van der Waals surface area contributed by atoms with Gasteiger partial charge in [-0.2, -0.15) is 4.31 Å². The van der Waals surface area contributed by atoms with Gasteiger partial charge < -0.3 is 14.8 Å². The Balaban J connectivity index is 1.65. The minimum Gasteiger partial charge on any atom is -0.484 e. The molecule has 1 N–H and O–H groups in total. The van der Waals surface area contributed by atoms with Crippen molar-refractivity contribution in [2.24, 2.45) is 0 Å². The van der Waals surface area contributed by atoms with Crippen LogP contribution in [0, 0.1) is 0 Å². The largest absolute Gasteiger partial charge is 0.484 e. The molecular formula is C21H25ClN2O5S. The zero-order valence-corrected chi connectivity index (χ0v) is 18.5. The molecule has 1 saturated heterocycles. The van der Waals surface area contributed by atoms with Crippen LogP contribution in [0.1, 0.15) is 25.3 Å². The Labute approximate surface area is 182 Å². The maximum Gasteiger partial charge on any atom is 0.262 e. The number of nitrogens with one attached hydrogen (secondary N) is 1. The highest BCUT2D eigenvalue weighted by Crippen LogP contribution is 2.27. The van der Waals surface area contributed by atoms with E-state index in [1.807, 2.05) is 24.3 Å². The Morgan fingerprint density at radius 3 is 2.47 bits per heavy atom. The molecular weight excluding hydrogens is 428 g/mol. The molecule has 0 saturated carbocycles. The van der Waals surface area contributed by atoms with Crippen molar-refractivity contribution in [3.63, 3.8) is 0 Å². The van der Waals surface area contributed by atoms with Crippen LogP contribution in [-0.4, -0.2) is 51.5 Å². The first-order chi connectivity index (χ1) is 14.3. The molecule has 7 nitrogen and oxygen atoms in total. The number of carbonyl (C=O) groups is 1. The molecule has 162 valence electrons. The van der Waals surface area contributed by atoms with E-state index in [0.29, 0.717) is 24.9 Å². The van der Waals surface area contributed by atoms with Gasteiger partial charge in [-0.3, -0.25) is 4.79 Å². The third kappa shape index (κ3) is 5.51. The van der Waals surface area contributed by atoms with Crippen LogP contribution in [0.5, 0.6) is 5.75 Å². The predicted octanol–water partition coefficient (Wildman–Crippen LogP) is 3.50. The fourth-order valence-electron chi connectivity index (χ4n) is 2.98. The van der Waals surface area contributed by atoms with E-state index in [1.54, 1.807) is 0 Å². The van der Waals surface area contributed by atoms with E-state index < -0.39 is 15.9 Å². The van der Waals surface area contributed by atoms with Gasteiger partial charge in [0.15, 0.2) is 6.61 Å². The number of hydrogen-bond acceptors (Lipinski definition) is 5. The van der Waals surface area contributed by atoms with Gasteiger partial charge in [0.1, 0.15) is 5.75 Å². The van der Waals surface area contributed by atoms with Gasteiger partial charge in [0.25, 0.3) is 5.91 Å². The van der Waals surface area contributed by atoms with Crippen molar-refractivity contribution in [1.29, 1.82) is 0 Å². The van der Waals surface area contributed by atoms with E-state index >= 15 is 0 Å². The van der Waals surface area contributed by atoms with Crippen molar-refractivity contribution >= 4 is 33.2 Å². The van der Waals surface area contributed by atoms with Crippen LogP contribution >= 0.6 is 11.6 Å². The van der Waals surface area contributed by atoms with E-state index in [1.165, 1.54) is 28.1 Å². The summed E-state index contributed by atoms with van der Waals surface area (Å²) < 4.78 is 37.7. The summed E-state index contributed by atoms with van der Waals surface area (Å²) in [5, 5.41) is 2.86. The van der Waals surface area contributed by atoms with Crippen molar-refractivity contribution in [2.45, 2.75) is 24.7 Å². The average Bonchev–Trinajstić information content (AvgIpc) is 2.74. The number of anilines is 1. The molecule has 0 aliphatic carbocycles. The first-order valence-corrected chi connectivity index (χ1v) is 11.5. The van der Waals surface area contributed by atoms with Crippen molar-refractivity contribution < 1.29 is 22.7 Å². The second-order valence-electron chi connectivity index (χ2n) is 7.22. The molecule has 0 bridgehead atoms. The summed E-state index contributed by atoms with van der Waals surface area (Å²) in [4.78, 5) is 12.4. The lowest BCUT2D eigenvalue weighted by Crippen LogP contribution is -2.40. The Morgan fingerprint density at radius 1 is 1.17 bits per heavy atom. The summed E-state index contributed by atoms with van der Waals surface area (Å²) in [6.45, 7) is 5.25. The van der Waals surface area contributed by atoms with Crippen molar-refractivity contribution in [1.82, 2.24) is 4.31 Å². The molecule has 30 heavy (non-hydrogen) atoms. The molecule has 0 aromatic heterocycles. The van der Waals surface area contributed by atoms with Crippen LogP contribution in [0.15, 0.2) is 47.4 Å². The summed E-state index contributed by atoms with van der Waals surface area (Å²) >= 11 is 6.16. The Hall–Kier alpha value is -2.13. The van der Waals surface area contributed by atoms with Crippen LogP contribution in [-0.2, 0) is 19.6 Å². The van der Waals surface area contributed by atoms with E-state index in [9.17, 15) is 13.2 Å². The van der Waals surface area contributed by atoms with Crippen LogP contribution in [0.25, 0.3) is 0 Å². The lowest BCUT2D eigenvalue weighted by atomic mass is 10.0. The number of carbonyl (C=O) groups excluding carboxylic acids is 1. The number of sulfonamides is 1. The summed E-state index contributed by atoms with van der Waals surface area (Å²) in [6, 6.07) is 11.8. The minimum absolute atomic E-state index is 0.0642. The highest BCUT2D eigenvalue weighted by Gasteiger charge is 2.27. The number of ether oxygens (including phenoxy) is 2. The van der Waals surface area contributed by atoms with Crippen molar-refractivity contribution in [2.75, 3.05) is 38.2 Å². The second kappa shape index (κ2) is 9.78. The number of hydrogen-bond donors (Lipinski definition) is 1. The van der Waals surface area contributed by atoms with Gasteiger partial charge in [-0.25, -0.2) is 8.42 Å². The smallest absolute Gasteiger partial charge is 0.262 e. The third-order valence-electron chi connectivity index (χ3n) is 4.74. The average molecular weight is 453 g/mol. The lowest BCUT2D eigenvalue weighted by molar-refractivity contribution is -0.118. The number of benzene rings is 2. The molecule has 1 heterocycles. The van der Waals surface area contributed by atoms with Crippen LogP contribution < -0.4 is 10.1 Å². The lowest BCUT2D eigenvalue weighted by Gasteiger charge is -2.26. The fourth-order valence-corrected chi connectivity index (χ4v) is 4.58.